The van der Waals surface area contributed by atoms with Gasteiger partial charge in [-0.3, -0.25) is 4.68 Å². The lowest BCUT2D eigenvalue weighted by atomic mass is 10.1. The minimum atomic E-state index is -4.66. The fourth-order valence-electron chi connectivity index (χ4n) is 4.78. The summed E-state index contributed by atoms with van der Waals surface area (Å²) in [5.74, 6) is -0.530. The number of hydrogen-bond acceptors (Lipinski definition) is 9. The third kappa shape index (κ3) is 5.99. The number of rotatable bonds is 7. The number of hydrogen-bond donors (Lipinski definition) is 2. The highest BCUT2D eigenvalue weighted by atomic mass is 32.2. The second-order valence-corrected chi connectivity index (χ2v) is 11.4. The topological polar surface area (TPSA) is 124 Å². The van der Waals surface area contributed by atoms with Crippen molar-refractivity contribution >= 4 is 16.0 Å². The van der Waals surface area contributed by atoms with E-state index in [-0.39, 0.29) is 42.6 Å². The van der Waals surface area contributed by atoms with Gasteiger partial charge < -0.3 is 20.1 Å². The van der Waals surface area contributed by atoms with Crippen LogP contribution in [0.25, 0.3) is 0 Å². The highest BCUT2D eigenvalue weighted by molar-refractivity contribution is 7.89. The van der Waals surface area contributed by atoms with Gasteiger partial charge in [0.2, 0.25) is 21.9 Å². The van der Waals surface area contributed by atoms with Crippen molar-refractivity contribution in [2.45, 2.75) is 61.4 Å². The molecule has 0 radical (unpaired) electrons. The number of anilines is 1. The fraction of sp³-hybridized carbons (Fsp3) is 0.682. The van der Waals surface area contributed by atoms with E-state index in [0.717, 1.165) is 25.9 Å². The maximum atomic E-state index is 13.4. The first kappa shape index (κ1) is 26.1. The van der Waals surface area contributed by atoms with E-state index in [0.29, 0.717) is 32.1 Å². The molecule has 2 aromatic heterocycles. The number of nitrogens with one attached hydrogen (secondary N) is 2. The molecule has 0 amide bonds. The zero-order valence-electron chi connectivity index (χ0n) is 20.2. The second kappa shape index (κ2) is 10.7. The lowest BCUT2D eigenvalue weighted by Crippen LogP contribution is -2.42. The summed E-state index contributed by atoms with van der Waals surface area (Å²) in [5.41, 5.74) is -1.05. The Kier molecular flexibility index (Phi) is 7.56. The first-order valence-electron chi connectivity index (χ1n) is 12.4. The van der Waals surface area contributed by atoms with E-state index in [1.165, 1.54) is 10.5 Å². The quantitative estimate of drug-likeness (QED) is 0.538. The van der Waals surface area contributed by atoms with Crippen LogP contribution in [0, 0.1) is 0 Å². The van der Waals surface area contributed by atoms with Gasteiger partial charge in [-0.15, -0.1) is 0 Å². The molecule has 5 rings (SSSR count). The molecule has 0 unspecified atom stereocenters. The van der Waals surface area contributed by atoms with E-state index in [1.807, 2.05) is 0 Å². The van der Waals surface area contributed by atoms with Gasteiger partial charge in [-0.2, -0.15) is 27.6 Å². The largest absolute Gasteiger partial charge is 0.471 e. The van der Waals surface area contributed by atoms with Crippen molar-refractivity contribution in [1.82, 2.24) is 29.4 Å². The molecule has 37 heavy (non-hydrogen) atoms. The number of piperidine rings is 2. The molecule has 0 saturated carbocycles. The molecule has 3 saturated heterocycles. The SMILES string of the molecule is O=S(=O)(c1cnn(C2CCNCC2)c1)N1CCC(Nc2ncc(C(F)(F)F)c(O[C@H]3CCOC3)n2)CC1. The molecule has 15 heteroatoms. The third-order valence-corrected chi connectivity index (χ3v) is 8.76. The highest BCUT2D eigenvalue weighted by Gasteiger charge is 2.38. The molecule has 0 aliphatic carbocycles. The Balaban J connectivity index is 1.21. The van der Waals surface area contributed by atoms with Crippen LogP contribution in [0.1, 0.15) is 43.7 Å². The van der Waals surface area contributed by atoms with Crippen LogP contribution in [0.15, 0.2) is 23.5 Å². The first-order chi connectivity index (χ1) is 17.7. The van der Waals surface area contributed by atoms with Crippen LogP contribution in [0.2, 0.25) is 0 Å². The van der Waals surface area contributed by atoms with E-state index >= 15 is 0 Å². The van der Waals surface area contributed by atoms with Crippen molar-refractivity contribution in [1.29, 1.82) is 0 Å². The minimum Gasteiger partial charge on any atom is -0.471 e. The molecule has 0 bridgehead atoms. The Labute approximate surface area is 212 Å². The Hall–Kier alpha value is -2.49. The summed E-state index contributed by atoms with van der Waals surface area (Å²) in [6, 6.07) is -0.0257. The number of halogens is 3. The van der Waals surface area contributed by atoms with Gasteiger partial charge in [-0.05, 0) is 38.8 Å². The van der Waals surface area contributed by atoms with Crippen LogP contribution in [0.5, 0.6) is 5.88 Å². The molecule has 2 N–H and O–H groups in total. The van der Waals surface area contributed by atoms with E-state index in [2.05, 4.69) is 25.7 Å². The minimum absolute atomic E-state index is 0.00599. The van der Waals surface area contributed by atoms with Crippen molar-refractivity contribution in [3.05, 3.63) is 24.2 Å². The Bertz CT molecular complexity index is 1170. The monoisotopic (exact) mass is 545 g/mol. The summed E-state index contributed by atoms with van der Waals surface area (Å²) in [5, 5.41) is 10.6. The molecule has 11 nitrogen and oxygen atoms in total. The molecule has 1 atom stereocenters. The van der Waals surface area contributed by atoms with Gasteiger partial charge >= 0.3 is 6.18 Å². The fourth-order valence-corrected chi connectivity index (χ4v) is 6.19. The average Bonchev–Trinajstić information content (AvgIpc) is 3.57. The summed E-state index contributed by atoms with van der Waals surface area (Å²) in [6.45, 7) is 2.87. The number of alkyl halides is 3. The summed E-state index contributed by atoms with van der Waals surface area (Å²) >= 11 is 0. The van der Waals surface area contributed by atoms with Crippen LogP contribution in [0.3, 0.4) is 0 Å². The van der Waals surface area contributed by atoms with Crippen molar-refractivity contribution in [3.63, 3.8) is 0 Å². The predicted molar refractivity (Wildman–Crippen MR) is 126 cm³/mol. The lowest BCUT2D eigenvalue weighted by Gasteiger charge is -2.31. The number of ether oxygens (including phenoxy) is 2. The summed E-state index contributed by atoms with van der Waals surface area (Å²) in [7, 11) is -3.70. The average molecular weight is 546 g/mol. The zero-order valence-corrected chi connectivity index (χ0v) is 21.0. The summed E-state index contributed by atoms with van der Waals surface area (Å²) in [4.78, 5) is 8.00. The van der Waals surface area contributed by atoms with Crippen molar-refractivity contribution in [3.8, 4) is 5.88 Å². The van der Waals surface area contributed by atoms with E-state index in [1.54, 1.807) is 10.9 Å². The van der Waals surface area contributed by atoms with E-state index < -0.39 is 33.7 Å². The Morgan fingerprint density at radius 3 is 2.54 bits per heavy atom. The van der Waals surface area contributed by atoms with Crippen molar-refractivity contribution in [2.75, 3.05) is 44.7 Å². The lowest BCUT2D eigenvalue weighted by molar-refractivity contribution is -0.139. The maximum Gasteiger partial charge on any atom is 0.423 e. The molecule has 0 aromatic carbocycles. The van der Waals surface area contributed by atoms with Gasteiger partial charge in [0.1, 0.15) is 16.6 Å². The van der Waals surface area contributed by atoms with Gasteiger partial charge in [0, 0.05) is 37.9 Å². The van der Waals surface area contributed by atoms with Gasteiger partial charge in [0.05, 0.1) is 25.5 Å². The highest BCUT2D eigenvalue weighted by Crippen LogP contribution is 2.36. The number of sulfonamides is 1. The standard InChI is InChI=1S/C22H30F3N7O4S/c23-22(24,25)19-12-27-21(30-20(19)36-17-5-10-35-14-17)29-15-3-8-31(9-4-15)37(33,34)18-11-28-32(13-18)16-1-6-26-7-2-16/h11-13,15-17,26H,1-10,14H2,(H,27,29,30)/t17-/m0/s1. The van der Waals surface area contributed by atoms with E-state index in [4.69, 9.17) is 9.47 Å². The Morgan fingerprint density at radius 1 is 1.11 bits per heavy atom. The van der Waals surface area contributed by atoms with Crippen LogP contribution in [0.4, 0.5) is 19.1 Å². The zero-order chi connectivity index (χ0) is 26.0. The second-order valence-electron chi connectivity index (χ2n) is 9.47. The normalized spacial score (nSPS) is 22.8. The smallest absolute Gasteiger partial charge is 0.423 e. The van der Waals surface area contributed by atoms with Crippen molar-refractivity contribution in [2.24, 2.45) is 0 Å². The molecule has 204 valence electrons. The number of nitrogens with zero attached hydrogens (tertiary/aromatic N) is 5. The molecule has 3 aliphatic rings. The van der Waals surface area contributed by atoms with Gasteiger partial charge in [-0.25, -0.2) is 13.4 Å². The predicted octanol–water partition coefficient (Wildman–Crippen LogP) is 2.05. The van der Waals surface area contributed by atoms with Gasteiger partial charge in [0.25, 0.3) is 0 Å². The molecule has 3 fully saturated rings. The molecule has 5 heterocycles. The molecular formula is C22H30F3N7O4S. The van der Waals surface area contributed by atoms with Crippen LogP contribution < -0.4 is 15.4 Å². The third-order valence-electron chi connectivity index (χ3n) is 6.91. The van der Waals surface area contributed by atoms with E-state index in [9.17, 15) is 21.6 Å². The van der Waals surface area contributed by atoms with Crippen LogP contribution in [-0.4, -0.2) is 84.0 Å². The van der Waals surface area contributed by atoms with Gasteiger partial charge in [-0.1, -0.05) is 0 Å². The Morgan fingerprint density at radius 2 is 1.86 bits per heavy atom. The van der Waals surface area contributed by atoms with Gasteiger partial charge in [0.15, 0.2) is 0 Å². The molecular weight excluding hydrogens is 515 g/mol. The van der Waals surface area contributed by atoms with Crippen LogP contribution >= 0.6 is 0 Å². The summed E-state index contributed by atoms with van der Waals surface area (Å²) < 4.78 is 80.5. The number of aromatic nitrogens is 4. The van der Waals surface area contributed by atoms with Crippen LogP contribution in [-0.2, 0) is 20.9 Å². The molecule has 0 spiro atoms. The molecule has 3 aliphatic heterocycles. The molecule has 2 aromatic rings. The summed E-state index contributed by atoms with van der Waals surface area (Å²) in [6.07, 6.45) is 1.70. The maximum absolute atomic E-state index is 13.4. The van der Waals surface area contributed by atoms with Crippen molar-refractivity contribution < 1.29 is 31.1 Å². The first-order valence-corrected chi connectivity index (χ1v) is 13.8.